The Morgan fingerprint density at radius 2 is 1.78 bits per heavy atom. The van der Waals surface area contributed by atoms with Gasteiger partial charge in [0.25, 0.3) is 11.5 Å². The van der Waals surface area contributed by atoms with Crippen LogP contribution in [-0.4, -0.2) is 30.4 Å². The Hall–Kier alpha value is -5.11. The van der Waals surface area contributed by atoms with Gasteiger partial charge >= 0.3 is 0 Å². The number of nitrogens with zero attached hydrogens (tertiary/aromatic N) is 4. The zero-order valence-corrected chi connectivity index (χ0v) is 19.1. The Labute approximate surface area is 205 Å². The summed E-state index contributed by atoms with van der Waals surface area (Å²) in [6, 6.07) is 24.2. The van der Waals surface area contributed by atoms with Crippen molar-refractivity contribution in [2.45, 2.75) is 6.42 Å². The number of pyridine rings is 1. The minimum absolute atomic E-state index is 0.235. The van der Waals surface area contributed by atoms with E-state index in [4.69, 9.17) is 0 Å². The van der Waals surface area contributed by atoms with Crippen LogP contribution in [0.3, 0.4) is 0 Å². The van der Waals surface area contributed by atoms with E-state index in [0.717, 1.165) is 10.8 Å². The molecule has 0 spiro atoms. The number of carbonyl (C=O) groups is 1. The molecule has 3 aromatic heterocycles. The first-order valence-corrected chi connectivity index (χ1v) is 11.4. The third-order valence-electron chi connectivity index (χ3n) is 5.95. The molecular formula is C28H20N6O2. The quantitative estimate of drug-likeness (QED) is 0.384. The summed E-state index contributed by atoms with van der Waals surface area (Å²) in [5.74, 6) is 0.409. The van der Waals surface area contributed by atoms with Crippen LogP contribution in [0.25, 0.3) is 27.6 Å². The fourth-order valence-corrected chi connectivity index (χ4v) is 4.23. The van der Waals surface area contributed by atoms with Gasteiger partial charge in [0.1, 0.15) is 17.0 Å². The lowest BCUT2D eigenvalue weighted by molar-refractivity contribution is 0.102. The zero-order chi connectivity index (χ0) is 24.5. The maximum absolute atomic E-state index is 13.5. The van der Waals surface area contributed by atoms with Gasteiger partial charge in [0.15, 0.2) is 5.65 Å². The fourth-order valence-electron chi connectivity index (χ4n) is 4.23. The summed E-state index contributed by atoms with van der Waals surface area (Å²) in [6.07, 6.45) is 5.23. The van der Waals surface area contributed by atoms with E-state index in [1.54, 1.807) is 55.0 Å². The molecule has 6 aromatic rings. The van der Waals surface area contributed by atoms with E-state index in [-0.39, 0.29) is 17.9 Å². The number of carbonyl (C=O) groups excluding carboxylic acids is 1. The van der Waals surface area contributed by atoms with Crippen LogP contribution in [0.1, 0.15) is 21.9 Å². The van der Waals surface area contributed by atoms with Crippen LogP contribution in [0, 0.1) is 0 Å². The van der Waals surface area contributed by atoms with Crippen LogP contribution in [0.2, 0.25) is 0 Å². The van der Waals surface area contributed by atoms with Gasteiger partial charge in [0.2, 0.25) is 0 Å². The van der Waals surface area contributed by atoms with Gasteiger partial charge in [-0.3, -0.25) is 14.2 Å². The predicted molar refractivity (Wildman–Crippen MR) is 138 cm³/mol. The van der Waals surface area contributed by atoms with Crippen molar-refractivity contribution >= 4 is 33.5 Å². The van der Waals surface area contributed by atoms with E-state index >= 15 is 0 Å². The van der Waals surface area contributed by atoms with Crippen molar-refractivity contribution in [1.82, 2.24) is 24.5 Å². The number of aromatic nitrogens is 5. The molecule has 36 heavy (non-hydrogen) atoms. The second kappa shape index (κ2) is 8.92. The first-order valence-electron chi connectivity index (χ1n) is 11.4. The maximum Gasteiger partial charge on any atom is 0.278 e. The van der Waals surface area contributed by atoms with Crippen LogP contribution in [0.5, 0.6) is 0 Å². The van der Waals surface area contributed by atoms with E-state index in [2.05, 4.69) is 25.3 Å². The third-order valence-corrected chi connectivity index (χ3v) is 5.95. The molecular weight excluding hydrogens is 452 g/mol. The molecule has 6 rings (SSSR count). The zero-order valence-electron chi connectivity index (χ0n) is 19.1. The summed E-state index contributed by atoms with van der Waals surface area (Å²) in [6.45, 7) is 0. The van der Waals surface area contributed by atoms with Crippen LogP contribution >= 0.6 is 0 Å². The molecule has 0 fully saturated rings. The van der Waals surface area contributed by atoms with Crippen molar-refractivity contribution < 1.29 is 4.79 Å². The van der Waals surface area contributed by atoms with Gasteiger partial charge < -0.3 is 10.3 Å². The third kappa shape index (κ3) is 4.01. The number of benzene rings is 3. The Kier molecular flexibility index (Phi) is 5.31. The molecule has 174 valence electrons. The topological polar surface area (TPSA) is 106 Å². The standard InChI is InChI=1S/C28H20N6O2/c35-27(20-11-10-18-5-1-2-6-19(18)15-20)32-21-7-3-8-22(16-21)34-26-23(9-4-12-31-26)33-24(28(34)36)17-25-29-13-14-30-25/h1-16H,17H2,(H,29,30)(H,32,35). The highest BCUT2D eigenvalue weighted by molar-refractivity contribution is 6.06. The summed E-state index contributed by atoms with van der Waals surface area (Å²) in [4.78, 5) is 42.7. The lowest BCUT2D eigenvalue weighted by Gasteiger charge is -2.13. The second-order valence-corrected chi connectivity index (χ2v) is 8.32. The number of fused-ring (bicyclic) bond motifs is 2. The monoisotopic (exact) mass is 472 g/mol. The highest BCUT2D eigenvalue weighted by atomic mass is 16.1. The summed E-state index contributed by atoms with van der Waals surface area (Å²) >= 11 is 0. The van der Waals surface area contributed by atoms with Gasteiger partial charge in [-0.25, -0.2) is 15.0 Å². The van der Waals surface area contributed by atoms with Crippen LogP contribution in [0.15, 0.2) is 102 Å². The van der Waals surface area contributed by atoms with E-state index in [1.165, 1.54) is 4.57 Å². The second-order valence-electron chi connectivity index (χ2n) is 8.32. The van der Waals surface area contributed by atoms with E-state index < -0.39 is 0 Å². The number of imidazole rings is 1. The number of nitrogens with one attached hydrogen (secondary N) is 2. The SMILES string of the molecule is O=C(Nc1cccc(-n2c(=O)c(Cc3ncc[nH]3)nc3cccnc32)c1)c1ccc2ccccc2c1. The van der Waals surface area contributed by atoms with Gasteiger partial charge in [-0.1, -0.05) is 36.4 Å². The van der Waals surface area contributed by atoms with Crippen LogP contribution < -0.4 is 10.9 Å². The molecule has 8 nitrogen and oxygen atoms in total. The Morgan fingerprint density at radius 1 is 0.889 bits per heavy atom. The average molecular weight is 473 g/mol. The van der Waals surface area contributed by atoms with Crippen molar-refractivity contribution in [2.24, 2.45) is 0 Å². The van der Waals surface area contributed by atoms with E-state index in [9.17, 15) is 9.59 Å². The average Bonchev–Trinajstić information content (AvgIpc) is 3.42. The van der Waals surface area contributed by atoms with Gasteiger partial charge in [-0.15, -0.1) is 0 Å². The first kappa shape index (κ1) is 21.4. The first-order chi connectivity index (χ1) is 17.7. The molecule has 0 saturated heterocycles. The van der Waals surface area contributed by atoms with Crippen molar-refractivity contribution in [3.05, 3.63) is 125 Å². The molecule has 0 bridgehead atoms. The molecule has 1 amide bonds. The largest absolute Gasteiger partial charge is 0.348 e. The Morgan fingerprint density at radius 3 is 2.64 bits per heavy atom. The fraction of sp³-hybridized carbons (Fsp3) is 0.0357. The minimum atomic E-state index is -0.296. The van der Waals surface area contributed by atoms with E-state index in [0.29, 0.717) is 39.6 Å². The van der Waals surface area contributed by atoms with Crippen molar-refractivity contribution in [2.75, 3.05) is 5.32 Å². The number of hydrogen-bond acceptors (Lipinski definition) is 5. The van der Waals surface area contributed by atoms with Gasteiger partial charge in [0, 0.05) is 29.8 Å². The van der Waals surface area contributed by atoms with E-state index in [1.807, 2.05) is 42.5 Å². The number of aromatic amines is 1. The van der Waals surface area contributed by atoms with Crippen LogP contribution in [-0.2, 0) is 6.42 Å². The Bertz CT molecular complexity index is 1790. The molecule has 8 heteroatoms. The normalized spacial score (nSPS) is 11.1. The molecule has 0 aliphatic carbocycles. The van der Waals surface area contributed by atoms with Crippen LogP contribution in [0.4, 0.5) is 5.69 Å². The molecule has 0 aliphatic heterocycles. The number of anilines is 1. The highest BCUT2D eigenvalue weighted by Gasteiger charge is 2.16. The van der Waals surface area contributed by atoms with Crippen molar-refractivity contribution in [3.63, 3.8) is 0 Å². The van der Waals surface area contributed by atoms with Gasteiger partial charge in [0.05, 0.1) is 12.1 Å². The summed E-state index contributed by atoms with van der Waals surface area (Å²) in [7, 11) is 0. The van der Waals surface area contributed by atoms with Gasteiger partial charge in [-0.2, -0.15) is 0 Å². The summed E-state index contributed by atoms with van der Waals surface area (Å²) < 4.78 is 1.52. The minimum Gasteiger partial charge on any atom is -0.348 e. The highest BCUT2D eigenvalue weighted by Crippen LogP contribution is 2.20. The molecule has 0 saturated carbocycles. The lowest BCUT2D eigenvalue weighted by Crippen LogP contribution is -2.25. The smallest absolute Gasteiger partial charge is 0.278 e. The Balaban J connectivity index is 1.38. The molecule has 3 aromatic carbocycles. The van der Waals surface area contributed by atoms with Gasteiger partial charge in [-0.05, 0) is 53.2 Å². The molecule has 0 radical (unpaired) electrons. The lowest BCUT2D eigenvalue weighted by atomic mass is 10.1. The number of rotatable bonds is 5. The number of amides is 1. The number of hydrogen-bond donors (Lipinski definition) is 2. The van der Waals surface area contributed by atoms with Crippen molar-refractivity contribution in [3.8, 4) is 5.69 Å². The number of H-pyrrole nitrogens is 1. The predicted octanol–water partition coefficient (Wildman–Crippen LogP) is 4.50. The summed E-state index contributed by atoms with van der Waals surface area (Å²) in [5.41, 5.74) is 2.75. The summed E-state index contributed by atoms with van der Waals surface area (Å²) in [5, 5.41) is 5.00. The molecule has 2 N–H and O–H groups in total. The molecule has 3 heterocycles. The van der Waals surface area contributed by atoms with Crippen molar-refractivity contribution in [1.29, 1.82) is 0 Å². The molecule has 0 aliphatic rings. The maximum atomic E-state index is 13.5. The molecule has 0 atom stereocenters. The molecule has 0 unspecified atom stereocenters.